The lowest BCUT2D eigenvalue weighted by Crippen LogP contribution is -2.28. The minimum Gasteiger partial charge on any atom is -0.310 e. The molecule has 0 N–H and O–H groups in total. The van der Waals surface area contributed by atoms with E-state index in [-0.39, 0.29) is 0 Å². The molecule has 11 aromatic rings. The zero-order valence-electron chi connectivity index (χ0n) is 37.9. The van der Waals surface area contributed by atoms with E-state index >= 15 is 0 Å². The Morgan fingerprint density at radius 2 is 0.638 bits per heavy atom. The minimum absolute atomic E-state index is 0.497. The van der Waals surface area contributed by atoms with Crippen molar-refractivity contribution in [2.75, 3.05) is 4.90 Å². The Labute approximate surface area is 403 Å². The van der Waals surface area contributed by atoms with Crippen molar-refractivity contribution < 1.29 is 0 Å². The predicted octanol–water partition coefficient (Wildman–Crippen LogP) is 17.2. The summed E-state index contributed by atoms with van der Waals surface area (Å²) in [6.07, 6.45) is 0. The minimum atomic E-state index is -0.557. The van der Waals surface area contributed by atoms with Crippen molar-refractivity contribution in [3.8, 4) is 55.6 Å². The van der Waals surface area contributed by atoms with Gasteiger partial charge in [-0.05, 0) is 131 Å². The summed E-state index contributed by atoms with van der Waals surface area (Å²) >= 11 is 0. The molecular formula is C68H45N. The molecule has 0 heterocycles. The summed E-state index contributed by atoms with van der Waals surface area (Å²) in [5, 5.41) is 0. The highest BCUT2D eigenvalue weighted by molar-refractivity contribution is 6.00. The normalized spacial score (nSPS) is 13.7. The second-order valence-corrected chi connectivity index (χ2v) is 18.7. The molecule has 1 nitrogen and oxygen atoms in total. The van der Waals surface area contributed by atoms with Gasteiger partial charge in [-0.1, -0.05) is 237 Å². The number of benzene rings is 11. The summed E-state index contributed by atoms with van der Waals surface area (Å²) < 4.78 is 0. The summed E-state index contributed by atoms with van der Waals surface area (Å²) in [5.41, 5.74) is 25.0. The van der Waals surface area contributed by atoms with Gasteiger partial charge in [0.05, 0.1) is 16.5 Å². The maximum Gasteiger partial charge on any atom is 0.0726 e. The maximum atomic E-state index is 2.57. The Morgan fingerprint density at radius 1 is 0.232 bits per heavy atom. The summed E-state index contributed by atoms with van der Waals surface area (Å²) in [6, 6.07) is 102. The summed E-state index contributed by atoms with van der Waals surface area (Å²) in [5.74, 6) is 0. The third kappa shape index (κ3) is 5.59. The first-order chi connectivity index (χ1) is 34.2. The first-order valence-electron chi connectivity index (χ1n) is 24.1. The van der Waals surface area contributed by atoms with Crippen LogP contribution < -0.4 is 4.90 Å². The molecule has 0 aromatic heterocycles. The molecule has 0 aliphatic heterocycles. The largest absolute Gasteiger partial charge is 0.310 e. The monoisotopic (exact) mass is 875 g/mol. The van der Waals surface area contributed by atoms with Crippen LogP contribution in [0.1, 0.15) is 44.5 Å². The first-order valence-corrected chi connectivity index (χ1v) is 24.1. The van der Waals surface area contributed by atoms with E-state index in [1.54, 1.807) is 0 Å². The average molecular weight is 876 g/mol. The predicted molar refractivity (Wildman–Crippen MR) is 286 cm³/mol. The van der Waals surface area contributed by atoms with E-state index in [2.05, 4.69) is 278 Å². The van der Waals surface area contributed by atoms with Gasteiger partial charge in [-0.3, -0.25) is 0 Å². The van der Waals surface area contributed by atoms with E-state index in [0.29, 0.717) is 0 Å². The van der Waals surface area contributed by atoms with Crippen molar-refractivity contribution >= 4 is 17.1 Å². The molecule has 3 aliphatic carbocycles. The lowest BCUT2D eigenvalue weighted by atomic mass is 9.68. The van der Waals surface area contributed by atoms with Crippen LogP contribution in [0.5, 0.6) is 0 Å². The van der Waals surface area contributed by atoms with E-state index in [1.807, 2.05) is 0 Å². The highest BCUT2D eigenvalue weighted by Crippen LogP contribution is 2.64. The molecule has 1 heteroatoms. The molecule has 1 spiro atoms. The van der Waals surface area contributed by atoms with Crippen molar-refractivity contribution in [3.05, 3.63) is 317 Å². The van der Waals surface area contributed by atoms with Crippen LogP contribution >= 0.6 is 0 Å². The standard InChI is InChI=1S/C68H45N/c1-5-22-46(23-6-1)48-42-49(47-24-7-2-8-25-47)44-53(43-48)69(65-39-21-38-63-66(65)58-33-16-20-37-62(58)67(63,50-26-9-3-10-27-50)51-28-11-4-12-29-51)52-40-41-57-56-32-15-19-36-61(56)68(64(57)45-52)59-34-17-13-30-54(59)55-31-14-18-35-60(55)68/h1-45H. The molecule has 69 heavy (non-hydrogen) atoms. The van der Waals surface area contributed by atoms with Gasteiger partial charge in [0, 0.05) is 16.9 Å². The van der Waals surface area contributed by atoms with Gasteiger partial charge in [0.15, 0.2) is 0 Å². The molecule has 14 rings (SSSR count). The highest BCUT2D eigenvalue weighted by atomic mass is 15.1. The molecule has 0 fully saturated rings. The van der Waals surface area contributed by atoms with Crippen LogP contribution in [-0.4, -0.2) is 0 Å². The Hall–Kier alpha value is -8.78. The molecule has 0 atom stereocenters. The van der Waals surface area contributed by atoms with Crippen LogP contribution in [0.2, 0.25) is 0 Å². The Balaban J connectivity index is 1.10. The third-order valence-corrected chi connectivity index (χ3v) is 15.3. The first kappa shape index (κ1) is 39.4. The Kier molecular flexibility index (Phi) is 8.78. The second-order valence-electron chi connectivity index (χ2n) is 18.7. The zero-order valence-corrected chi connectivity index (χ0v) is 37.9. The van der Waals surface area contributed by atoms with E-state index in [4.69, 9.17) is 0 Å². The molecule has 0 unspecified atom stereocenters. The summed E-state index contributed by atoms with van der Waals surface area (Å²) in [7, 11) is 0. The van der Waals surface area contributed by atoms with E-state index < -0.39 is 10.8 Å². The molecule has 322 valence electrons. The van der Waals surface area contributed by atoms with Gasteiger partial charge in [-0.2, -0.15) is 0 Å². The second kappa shape index (κ2) is 15.4. The number of anilines is 3. The molecule has 3 aliphatic rings. The van der Waals surface area contributed by atoms with Gasteiger partial charge >= 0.3 is 0 Å². The highest BCUT2D eigenvalue weighted by Gasteiger charge is 2.52. The fourth-order valence-corrected chi connectivity index (χ4v) is 12.6. The summed E-state index contributed by atoms with van der Waals surface area (Å²) in [6.45, 7) is 0. The molecule has 0 saturated heterocycles. The molecule has 0 saturated carbocycles. The van der Waals surface area contributed by atoms with Crippen LogP contribution in [0.15, 0.2) is 273 Å². The number of hydrogen-bond donors (Lipinski definition) is 0. The van der Waals surface area contributed by atoms with E-state index in [0.717, 1.165) is 28.2 Å². The lowest BCUT2D eigenvalue weighted by molar-refractivity contribution is 0.768. The van der Waals surface area contributed by atoms with Gasteiger partial charge in [-0.15, -0.1) is 0 Å². The number of rotatable bonds is 7. The van der Waals surface area contributed by atoms with Gasteiger partial charge in [-0.25, -0.2) is 0 Å². The SMILES string of the molecule is c1ccc(-c2cc(-c3ccccc3)cc(N(c3ccc4c(c3)C3(c5ccccc5-c5ccccc53)c3ccccc3-4)c3cccc4c3-c3ccccc3C4(c3ccccc3)c3ccccc3)c2)cc1. The van der Waals surface area contributed by atoms with Crippen LogP contribution in [0, 0.1) is 0 Å². The third-order valence-electron chi connectivity index (χ3n) is 15.3. The van der Waals surface area contributed by atoms with Crippen LogP contribution in [0.25, 0.3) is 55.6 Å². The van der Waals surface area contributed by atoms with Crippen LogP contribution in [-0.2, 0) is 10.8 Å². The van der Waals surface area contributed by atoms with Crippen molar-refractivity contribution in [2.24, 2.45) is 0 Å². The van der Waals surface area contributed by atoms with Gasteiger partial charge in [0.25, 0.3) is 0 Å². The van der Waals surface area contributed by atoms with Gasteiger partial charge in [0.1, 0.15) is 0 Å². The summed E-state index contributed by atoms with van der Waals surface area (Å²) in [4.78, 5) is 2.57. The average Bonchev–Trinajstić information content (AvgIpc) is 4.02. The van der Waals surface area contributed by atoms with Gasteiger partial charge < -0.3 is 4.90 Å². The lowest BCUT2D eigenvalue weighted by Gasteiger charge is -2.35. The molecule has 11 aromatic carbocycles. The van der Waals surface area contributed by atoms with E-state index in [9.17, 15) is 0 Å². The Bertz CT molecular complexity index is 3620. The number of nitrogens with zero attached hydrogens (tertiary/aromatic N) is 1. The van der Waals surface area contributed by atoms with Crippen LogP contribution in [0.4, 0.5) is 17.1 Å². The van der Waals surface area contributed by atoms with E-state index in [1.165, 1.54) is 89.0 Å². The van der Waals surface area contributed by atoms with Crippen LogP contribution in [0.3, 0.4) is 0 Å². The fraction of sp³-hybridized carbons (Fsp3) is 0.0294. The van der Waals surface area contributed by atoms with Gasteiger partial charge in [0.2, 0.25) is 0 Å². The molecular weight excluding hydrogens is 831 g/mol. The molecule has 0 radical (unpaired) electrons. The van der Waals surface area contributed by atoms with Crippen molar-refractivity contribution in [1.82, 2.24) is 0 Å². The fourth-order valence-electron chi connectivity index (χ4n) is 12.6. The molecule has 0 amide bonds. The van der Waals surface area contributed by atoms with Crippen molar-refractivity contribution in [1.29, 1.82) is 0 Å². The zero-order chi connectivity index (χ0) is 45.5. The smallest absolute Gasteiger partial charge is 0.0726 e. The topological polar surface area (TPSA) is 3.24 Å². The maximum absolute atomic E-state index is 2.57. The quantitative estimate of drug-likeness (QED) is 0.154. The van der Waals surface area contributed by atoms with Crippen molar-refractivity contribution in [2.45, 2.75) is 10.8 Å². The number of fused-ring (bicyclic) bond motifs is 13. The molecule has 0 bridgehead atoms. The Morgan fingerprint density at radius 3 is 1.14 bits per heavy atom. The number of hydrogen-bond acceptors (Lipinski definition) is 1. The van der Waals surface area contributed by atoms with Crippen molar-refractivity contribution in [3.63, 3.8) is 0 Å².